The first-order valence-electron chi connectivity index (χ1n) is 7.19. The molecule has 3 heteroatoms. The molecule has 1 aromatic rings. The standard InChI is InChI=1S/C16H23NO2/c1-12-9-16(18,11-17(12)2)10-15-14-6-4-3-5-13(14)7-8-19-15/h3-6,12,15,18H,7-11H2,1-2H3. The molecule has 19 heavy (non-hydrogen) atoms. The molecule has 2 aliphatic rings. The van der Waals surface area contributed by atoms with Gasteiger partial charge in [0.05, 0.1) is 18.3 Å². The minimum atomic E-state index is -0.608. The van der Waals surface area contributed by atoms with Crippen LogP contribution < -0.4 is 0 Å². The number of ether oxygens (including phenoxy) is 1. The minimum absolute atomic E-state index is 0.0497. The second-order valence-electron chi connectivity index (χ2n) is 6.20. The molecular formula is C16H23NO2. The van der Waals surface area contributed by atoms with Crippen LogP contribution in [0.5, 0.6) is 0 Å². The van der Waals surface area contributed by atoms with Crippen molar-refractivity contribution in [2.24, 2.45) is 0 Å². The summed E-state index contributed by atoms with van der Waals surface area (Å²) >= 11 is 0. The molecule has 104 valence electrons. The van der Waals surface area contributed by atoms with E-state index in [0.29, 0.717) is 12.5 Å². The predicted molar refractivity (Wildman–Crippen MR) is 75.1 cm³/mol. The third kappa shape index (κ3) is 2.55. The Bertz CT molecular complexity index is 450. The van der Waals surface area contributed by atoms with Crippen LogP contribution >= 0.6 is 0 Å². The Morgan fingerprint density at radius 1 is 1.42 bits per heavy atom. The highest BCUT2D eigenvalue weighted by molar-refractivity contribution is 5.31. The zero-order valence-electron chi connectivity index (χ0n) is 11.8. The summed E-state index contributed by atoms with van der Waals surface area (Å²) < 4.78 is 5.92. The van der Waals surface area contributed by atoms with E-state index in [-0.39, 0.29) is 6.10 Å². The first-order valence-corrected chi connectivity index (χ1v) is 7.19. The lowest BCUT2D eigenvalue weighted by atomic mass is 9.87. The number of likely N-dealkylation sites (N-methyl/N-ethyl adjacent to an activating group) is 1. The Morgan fingerprint density at radius 3 is 2.95 bits per heavy atom. The highest BCUT2D eigenvalue weighted by atomic mass is 16.5. The Balaban J connectivity index is 1.78. The van der Waals surface area contributed by atoms with Crippen LogP contribution in [0.4, 0.5) is 0 Å². The van der Waals surface area contributed by atoms with Gasteiger partial charge in [-0.1, -0.05) is 24.3 Å². The van der Waals surface area contributed by atoms with Gasteiger partial charge in [-0.15, -0.1) is 0 Å². The van der Waals surface area contributed by atoms with Crippen LogP contribution in [0.15, 0.2) is 24.3 Å². The van der Waals surface area contributed by atoms with Gasteiger partial charge in [0.2, 0.25) is 0 Å². The smallest absolute Gasteiger partial charge is 0.0855 e. The quantitative estimate of drug-likeness (QED) is 0.885. The second kappa shape index (κ2) is 4.89. The number of rotatable bonds is 2. The summed E-state index contributed by atoms with van der Waals surface area (Å²) in [4.78, 5) is 2.23. The summed E-state index contributed by atoms with van der Waals surface area (Å²) in [6.07, 6.45) is 2.58. The summed E-state index contributed by atoms with van der Waals surface area (Å²) in [5.74, 6) is 0. The second-order valence-corrected chi connectivity index (χ2v) is 6.20. The molecule has 0 saturated carbocycles. The molecule has 1 fully saturated rings. The van der Waals surface area contributed by atoms with E-state index in [9.17, 15) is 5.11 Å². The van der Waals surface area contributed by atoms with Crippen LogP contribution in [0.3, 0.4) is 0 Å². The minimum Gasteiger partial charge on any atom is -0.388 e. The molecule has 2 aliphatic heterocycles. The van der Waals surface area contributed by atoms with Gasteiger partial charge in [0.15, 0.2) is 0 Å². The average Bonchev–Trinajstić information content (AvgIpc) is 2.63. The zero-order valence-corrected chi connectivity index (χ0v) is 11.8. The van der Waals surface area contributed by atoms with Gasteiger partial charge in [-0.3, -0.25) is 0 Å². The van der Waals surface area contributed by atoms with Gasteiger partial charge in [0, 0.05) is 19.0 Å². The SMILES string of the molecule is CC1CC(O)(CC2OCCc3ccccc32)CN1C. The van der Waals surface area contributed by atoms with Crippen molar-refractivity contribution in [3.05, 3.63) is 35.4 Å². The summed E-state index contributed by atoms with van der Waals surface area (Å²) in [5.41, 5.74) is 2.04. The highest BCUT2D eigenvalue weighted by Gasteiger charge is 2.41. The number of nitrogens with zero attached hydrogens (tertiary/aromatic N) is 1. The molecule has 1 saturated heterocycles. The number of hydrogen-bond acceptors (Lipinski definition) is 3. The van der Waals surface area contributed by atoms with Crippen molar-refractivity contribution < 1.29 is 9.84 Å². The summed E-state index contributed by atoms with van der Waals surface area (Å²) in [5, 5.41) is 10.8. The van der Waals surface area contributed by atoms with Crippen molar-refractivity contribution in [2.75, 3.05) is 20.2 Å². The molecule has 2 heterocycles. The van der Waals surface area contributed by atoms with Crippen LogP contribution in [-0.2, 0) is 11.2 Å². The Morgan fingerprint density at radius 2 is 2.21 bits per heavy atom. The molecule has 3 nitrogen and oxygen atoms in total. The van der Waals surface area contributed by atoms with Crippen molar-refractivity contribution in [1.29, 1.82) is 0 Å². The van der Waals surface area contributed by atoms with E-state index in [4.69, 9.17) is 4.74 Å². The number of aliphatic hydroxyl groups is 1. The maximum atomic E-state index is 10.8. The Hall–Kier alpha value is -0.900. The fourth-order valence-electron chi connectivity index (χ4n) is 3.53. The van der Waals surface area contributed by atoms with E-state index in [1.165, 1.54) is 11.1 Å². The third-order valence-electron chi connectivity index (χ3n) is 4.63. The maximum Gasteiger partial charge on any atom is 0.0855 e. The first-order chi connectivity index (χ1) is 9.07. The van der Waals surface area contributed by atoms with Crippen molar-refractivity contribution in [2.45, 2.75) is 43.9 Å². The van der Waals surface area contributed by atoms with Crippen LogP contribution in [0, 0.1) is 0 Å². The number of likely N-dealkylation sites (tertiary alicyclic amines) is 1. The van der Waals surface area contributed by atoms with Crippen molar-refractivity contribution in [3.8, 4) is 0 Å². The lowest BCUT2D eigenvalue weighted by molar-refractivity contribution is -0.0398. The normalized spacial score (nSPS) is 35.3. The number of β-amino-alcohol motifs (C(OH)–C–C–N with tert-alkyl or cyclic N) is 1. The van der Waals surface area contributed by atoms with E-state index < -0.39 is 5.60 Å². The summed E-state index contributed by atoms with van der Waals surface area (Å²) in [6.45, 7) is 3.69. The van der Waals surface area contributed by atoms with E-state index in [1.807, 2.05) is 0 Å². The maximum absolute atomic E-state index is 10.8. The van der Waals surface area contributed by atoms with Crippen molar-refractivity contribution >= 4 is 0 Å². The Labute approximate surface area is 115 Å². The van der Waals surface area contributed by atoms with Gasteiger partial charge in [-0.05, 0) is 37.9 Å². The molecule has 1 aromatic carbocycles. The molecule has 0 bridgehead atoms. The van der Waals surface area contributed by atoms with Gasteiger partial charge in [0.25, 0.3) is 0 Å². The Kier molecular flexibility index (Phi) is 3.37. The molecule has 3 atom stereocenters. The molecule has 0 aromatic heterocycles. The van der Waals surface area contributed by atoms with Crippen LogP contribution in [0.1, 0.15) is 37.0 Å². The topological polar surface area (TPSA) is 32.7 Å². The zero-order chi connectivity index (χ0) is 13.5. The van der Waals surface area contributed by atoms with Gasteiger partial charge in [-0.25, -0.2) is 0 Å². The van der Waals surface area contributed by atoms with Gasteiger partial charge >= 0.3 is 0 Å². The fourth-order valence-corrected chi connectivity index (χ4v) is 3.53. The lowest BCUT2D eigenvalue weighted by Gasteiger charge is -2.32. The number of fused-ring (bicyclic) bond motifs is 1. The van der Waals surface area contributed by atoms with Crippen LogP contribution in [0.2, 0.25) is 0 Å². The third-order valence-corrected chi connectivity index (χ3v) is 4.63. The molecule has 0 amide bonds. The van der Waals surface area contributed by atoms with Gasteiger partial charge in [-0.2, -0.15) is 0 Å². The molecular weight excluding hydrogens is 238 g/mol. The monoisotopic (exact) mass is 261 g/mol. The first kappa shape index (κ1) is 13.1. The highest BCUT2D eigenvalue weighted by Crippen LogP contribution is 2.38. The molecule has 0 aliphatic carbocycles. The van der Waals surface area contributed by atoms with Gasteiger partial charge < -0.3 is 14.7 Å². The van der Waals surface area contributed by atoms with Crippen LogP contribution in [-0.4, -0.2) is 41.8 Å². The molecule has 0 radical (unpaired) electrons. The molecule has 3 unspecified atom stereocenters. The fraction of sp³-hybridized carbons (Fsp3) is 0.625. The van der Waals surface area contributed by atoms with Crippen molar-refractivity contribution in [1.82, 2.24) is 4.90 Å². The summed E-state index contributed by atoms with van der Waals surface area (Å²) in [7, 11) is 2.08. The van der Waals surface area contributed by atoms with E-state index in [1.54, 1.807) is 0 Å². The van der Waals surface area contributed by atoms with Crippen LogP contribution in [0.25, 0.3) is 0 Å². The molecule has 1 N–H and O–H groups in total. The summed E-state index contributed by atoms with van der Waals surface area (Å²) in [6, 6.07) is 8.92. The number of benzene rings is 1. The van der Waals surface area contributed by atoms with Crippen molar-refractivity contribution in [3.63, 3.8) is 0 Å². The van der Waals surface area contributed by atoms with E-state index in [0.717, 1.165) is 26.0 Å². The predicted octanol–water partition coefficient (Wildman–Crippen LogP) is 2.15. The van der Waals surface area contributed by atoms with Gasteiger partial charge in [0.1, 0.15) is 0 Å². The van der Waals surface area contributed by atoms with E-state index >= 15 is 0 Å². The van der Waals surface area contributed by atoms with E-state index in [2.05, 4.69) is 43.1 Å². The average molecular weight is 261 g/mol. The largest absolute Gasteiger partial charge is 0.388 e. The molecule has 3 rings (SSSR count). The lowest BCUT2D eigenvalue weighted by Crippen LogP contribution is -2.35. The number of hydrogen-bond donors (Lipinski definition) is 1. The molecule has 0 spiro atoms.